The fourth-order valence-corrected chi connectivity index (χ4v) is 5.97. The van der Waals surface area contributed by atoms with Crippen molar-refractivity contribution < 1.29 is 4.58 Å². The van der Waals surface area contributed by atoms with Gasteiger partial charge in [0.25, 0.3) is 0 Å². The van der Waals surface area contributed by atoms with Crippen LogP contribution in [0.1, 0.15) is 37.5 Å². The molecule has 0 saturated heterocycles. The van der Waals surface area contributed by atoms with Crippen molar-refractivity contribution in [2.75, 3.05) is 0 Å². The summed E-state index contributed by atoms with van der Waals surface area (Å²) < 4.78 is 2.11. The van der Waals surface area contributed by atoms with Gasteiger partial charge >= 0.3 is 0 Å². The highest BCUT2D eigenvalue weighted by Crippen LogP contribution is 2.39. The molecule has 0 amide bonds. The Balaban J connectivity index is 2.16. The Hall–Kier alpha value is -2.32. The van der Waals surface area contributed by atoms with Gasteiger partial charge < -0.3 is 0 Å². The molecule has 0 N–H and O–H groups in total. The van der Waals surface area contributed by atoms with Gasteiger partial charge in [-0.2, -0.15) is 0 Å². The Kier molecular flexibility index (Phi) is 6.28. The van der Waals surface area contributed by atoms with Gasteiger partial charge in [-0.05, 0) is 46.7 Å². The van der Waals surface area contributed by atoms with Crippen molar-refractivity contribution in [2.45, 2.75) is 54.3 Å². The fraction of sp³-hybridized carbons (Fsp3) is 0.357. The van der Waals surface area contributed by atoms with Crippen LogP contribution in [0.25, 0.3) is 11.1 Å². The molecule has 30 heavy (non-hydrogen) atoms. The van der Waals surface area contributed by atoms with Gasteiger partial charge in [0, 0.05) is 0 Å². The van der Waals surface area contributed by atoms with Gasteiger partial charge in [0.05, 0.1) is 14.8 Å². The monoisotopic (exact) mass is 415 g/mol. The lowest BCUT2D eigenvalue weighted by atomic mass is 9.84. The van der Waals surface area contributed by atoms with E-state index in [0.29, 0.717) is 11.8 Å². The van der Waals surface area contributed by atoms with Crippen molar-refractivity contribution in [3.8, 4) is 11.1 Å². The number of hydrogen-bond acceptors (Lipinski definition) is 0. The highest BCUT2D eigenvalue weighted by Gasteiger charge is 2.32. The van der Waals surface area contributed by atoms with Crippen LogP contribution in [0.2, 0.25) is 19.6 Å². The third-order valence-corrected chi connectivity index (χ3v) is 8.46. The summed E-state index contributed by atoms with van der Waals surface area (Å²) in [6.07, 6.45) is 4.74. The summed E-state index contributed by atoms with van der Waals surface area (Å²) in [4.78, 5) is 0. The standard InChI is InChI=1S/C28H37NSi/c1-19(2)22(5)26-17-27(29(6)18-28(26)30(7,8)9)25-16-24(20(3)15-21(25)4)23-13-11-10-12-14-23/h10-19,22H,6H2,1-5,7-9H3. The first-order valence-corrected chi connectivity index (χ1v) is 14.6. The van der Waals surface area contributed by atoms with Gasteiger partial charge in [0.1, 0.15) is 12.2 Å². The van der Waals surface area contributed by atoms with Crippen LogP contribution in [0.5, 0.6) is 0 Å². The van der Waals surface area contributed by atoms with Crippen LogP contribution >= 0.6 is 0 Å². The summed E-state index contributed by atoms with van der Waals surface area (Å²) >= 11 is 0. The van der Waals surface area contributed by atoms with Gasteiger partial charge in [-0.25, -0.2) is 0 Å². The van der Waals surface area contributed by atoms with Crippen LogP contribution in [0.4, 0.5) is 0 Å². The highest BCUT2D eigenvalue weighted by atomic mass is 28.3. The summed E-state index contributed by atoms with van der Waals surface area (Å²) in [5.74, 6) is 1.12. The predicted octanol–water partition coefficient (Wildman–Crippen LogP) is 7.56. The zero-order valence-electron chi connectivity index (χ0n) is 20.0. The summed E-state index contributed by atoms with van der Waals surface area (Å²) in [5, 5.41) is 1.52. The van der Waals surface area contributed by atoms with Crippen LogP contribution in [-0.2, 0) is 0 Å². The number of aryl methyl sites for hydroxylation is 2. The minimum atomic E-state index is -1.49. The maximum atomic E-state index is 4.42. The molecule has 0 radical (unpaired) electrons. The second kappa shape index (κ2) is 8.43. The first kappa shape index (κ1) is 22.4. The Morgan fingerprint density at radius 3 is 2.13 bits per heavy atom. The van der Waals surface area contributed by atoms with Crippen molar-refractivity contribution in [1.82, 2.24) is 0 Å². The smallest absolute Gasteiger partial charge is 0.147 e. The Labute approximate surface area is 184 Å². The van der Waals surface area contributed by atoms with Gasteiger partial charge in [0.15, 0.2) is 0 Å². The maximum Gasteiger partial charge on any atom is 0.147 e. The molecule has 0 fully saturated rings. The SMILES string of the molecule is C=[N+]1C=C([Si](C)(C)C)C(C(C)C(C)C)=C[C-]1c1cc(-c2ccccc2)c(C)cc1C. The first-order valence-electron chi connectivity index (χ1n) is 11.1. The van der Waals surface area contributed by atoms with Crippen LogP contribution in [0.15, 0.2) is 65.5 Å². The molecule has 0 spiro atoms. The Morgan fingerprint density at radius 2 is 1.57 bits per heavy atom. The van der Waals surface area contributed by atoms with Gasteiger partial charge in [0.2, 0.25) is 0 Å². The van der Waals surface area contributed by atoms with Gasteiger partial charge in [-0.15, -0.1) is 0 Å². The van der Waals surface area contributed by atoms with E-state index in [4.69, 9.17) is 0 Å². The van der Waals surface area contributed by atoms with Gasteiger partial charge in [-0.3, -0.25) is 4.58 Å². The fourth-order valence-electron chi connectivity index (χ4n) is 4.26. The number of benzene rings is 2. The molecule has 0 aromatic heterocycles. The molecule has 2 aromatic rings. The van der Waals surface area contributed by atoms with Crippen molar-refractivity contribution in [2.24, 2.45) is 11.8 Å². The number of allylic oxidation sites excluding steroid dienone is 2. The van der Waals surface area contributed by atoms with Crippen LogP contribution in [0, 0.1) is 31.7 Å². The van der Waals surface area contributed by atoms with E-state index in [1.54, 1.807) is 0 Å². The molecule has 3 rings (SSSR count). The second-order valence-electron chi connectivity index (χ2n) is 10.1. The molecule has 1 heterocycles. The summed E-state index contributed by atoms with van der Waals surface area (Å²) in [6.45, 7) is 23.2. The number of rotatable bonds is 5. The minimum absolute atomic E-state index is 0.519. The number of nitrogens with zero attached hydrogens (tertiary/aromatic N) is 1. The molecular formula is C28H37NSi. The van der Waals surface area contributed by atoms with E-state index in [2.05, 4.69) is 120 Å². The molecule has 0 aliphatic carbocycles. The van der Waals surface area contributed by atoms with E-state index in [9.17, 15) is 0 Å². The average molecular weight is 416 g/mol. The average Bonchev–Trinajstić information content (AvgIpc) is 2.67. The molecule has 0 bridgehead atoms. The van der Waals surface area contributed by atoms with E-state index < -0.39 is 8.07 Å². The molecule has 2 aromatic carbocycles. The van der Waals surface area contributed by atoms with Crippen LogP contribution in [-0.4, -0.2) is 19.4 Å². The zero-order chi connectivity index (χ0) is 22.2. The molecule has 1 atom stereocenters. The lowest BCUT2D eigenvalue weighted by molar-refractivity contribution is -0.418. The lowest BCUT2D eigenvalue weighted by Crippen LogP contribution is -2.33. The predicted molar refractivity (Wildman–Crippen MR) is 135 cm³/mol. The van der Waals surface area contributed by atoms with Crippen LogP contribution < -0.4 is 0 Å². The second-order valence-corrected chi connectivity index (χ2v) is 15.2. The topological polar surface area (TPSA) is 3.01 Å². The van der Waals surface area contributed by atoms with Crippen LogP contribution in [0.3, 0.4) is 0 Å². The van der Waals surface area contributed by atoms with E-state index >= 15 is 0 Å². The lowest BCUT2D eigenvalue weighted by Gasteiger charge is -2.35. The molecular weight excluding hydrogens is 378 g/mol. The Morgan fingerprint density at radius 1 is 0.933 bits per heavy atom. The minimum Gasteiger partial charge on any atom is -0.255 e. The molecule has 1 nitrogen and oxygen atoms in total. The van der Waals surface area contributed by atoms with Crippen molar-refractivity contribution >= 4 is 14.8 Å². The molecule has 1 unspecified atom stereocenters. The quantitative estimate of drug-likeness (QED) is 0.269. The molecule has 1 aliphatic rings. The zero-order valence-corrected chi connectivity index (χ0v) is 21.0. The van der Waals surface area contributed by atoms with Crippen molar-refractivity contribution in [1.29, 1.82) is 0 Å². The van der Waals surface area contributed by atoms with E-state index in [-0.39, 0.29) is 0 Å². The highest BCUT2D eigenvalue weighted by molar-refractivity contribution is 6.84. The van der Waals surface area contributed by atoms with E-state index in [1.807, 2.05) is 0 Å². The summed E-state index contributed by atoms with van der Waals surface area (Å²) in [5.41, 5.74) is 7.94. The molecule has 0 saturated carbocycles. The normalized spacial score (nSPS) is 15.9. The van der Waals surface area contributed by atoms with Gasteiger partial charge in [-0.1, -0.05) is 107 Å². The van der Waals surface area contributed by atoms with Crippen molar-refractivity contribution in [3.05, 3.63) is 88.2 Å². The number of hydrogen-bond donors (Lipinski definition) is 0. The molecule has 1 aliphatic heterocycles. The molecule has 2 heteroatoms. The third kappa shape index (κ3) is 4.39. The Bertz CT molecular complexity index is 1000. The largest absolute Gasteiger partial charge is 0.255 e. The van der Waals surface area contributed by atoms with Crippen molar-refractivity contribution in [3.63, 3.8) is 0 Å². The van der Waals surface area contributed by atoms with E-state index in [1.165, 1.54) is 44.6 Å². The molecule has 158 valence electrons. The third-order valence-electron chi connectivity index (χ3n) is 6.43. The summed E-state index contributed by atoms with van der Waals surface area (Å²) in [7, 11) is -1.49. The maximum absolute atomic E-state index is 4.42. The summed E-state index contributed by atoms with van der Waals surface area (Å²) in [6, 6.07) is 16.6. The van der Waals surface area contributed by atoms with E-state index in [0.717, 1.165) is 0 Å². The first-order chi connectivity index (χ1) is 14.0.